The highest BCUT2D eigenvalue weighted by molar-refractivity contribution is 5.94. The molecular formula is C24H31NO5. The van der Waals surface area contributed by atoms with Crippen molar-refractivity contribution in [3.8, 4) is 5.75 Å². The number of benzene rings is 2. The van der Waals surface area contributed by atoms with Gasteiger partial charge in [-0.2, -0.15) is 0 Å². The highest BCUT2D eigenvalue weighted by atomic mass is 16.6. The van der Waals surface area contributed by atoms with E-state index in [0.717, 1.165) is 16.7 Å². The van der Waals surface area contributed by atoms with Crippen molar-refractivity contribution in [3.63, 3.8) is 0 Å². The van der Waals surface area contributed by atoms with Crippen LogP contribution in [0.3, 0.4) is 0 Å². The molecule has 6 nitrogen and oxygen atoms in total. The van der Waals surface area contributed by atoms with Crippen molar-refractivity contribution in [2.45, 2.75) is 53.2 Å². The molecule has 0 spiro atoms. The summed E-state index contributed by atoms with van der Waals surface area (Å²) in [5.74, 6) is -0.0289. The number of carbonyl (C=O) groups is 2. The maximum atomic E-state index is 12.6. The molecule has 162 valence electrons. The number of esters is 1. The lowest BCUT2D eigenvalue weighted by Gasteiger charge is -2.26. The lowest BCUT2D eigenvalue weighted by molar-refractivity contribution is 0.0205. The van der Waals surface area contributed by atoms with E-state index in [9.17, 15) is 14.7 Å². The van der Waals surface area contributed by atoms with Gasteiger partial charge in [-0.05, 0) is 70.4 Å². The van der Waals surface area contributed by atoms with Crippen molar-refractivity contribution < 1.29 is 24.2 Å². The van der Waals surface area contributed by atoms with Crippen molar-refractivity contribution in [1.29, 1.82) is 0 Å². The van der Waals surface area contributed by atoms with Gasteiger partial charge in [-0.15, -0.1) is 0 Å². The van der Waals surface area contributed by atoms with Gasteiger partial charge in [0.05, 0.1) is 18.2 Å². The number of hydrogen-bond acceptors (Lipinski definition) is 5. The van der Waals surface area contributed by atoms with E-state index in [1.54, 1.807) is 52.1 Å². The summed E-state index contributed by atoms with van der Waals surface area (Å²) in [6, 6.07) is 10.5. The van der Waals surface area contributed by atoms with Gasteiger partial charge in [0.25, 0.3) is 0 Å². The van der Waals surface area contributed by atoms with E-state index in [1.165, 1.54) is 4.90 Å². The number of rotatable bonds is 5. The highest BCUT2D eigenvalue weighted by Crippen LogP contribution is 2.22. The zero-order chi connectivity index (χ0) is 22.6. The van der Waals surface area contributed by atoms with Gasteiger partial charge in [0.2, 0.25) is 0 Å². The second kappa shape index (κ2) is 9.30. The van der Waals surface area contributed by atoms with Crippen LogP contribution in [0.2, 0.25) is 0 Å². The second-order valence-electron chi connectivity index (χ2n) is 8.61. The Balaban J connectivity index is 2.03. The number of likely N-dealkylation sites (N-methyl/N-ethyl adjacent to an activating group) is 1. The fourth-order valence-corrected chi connectivity index (χ4v) is 3.20. The quantitative estimate of drug-likeness (QED) is 0.566. The summed E-state index contributed by atoms with van der Waals surface area (Å²) in [7, 11) is 1.57. The summed E-state index contributed by atoms with van der Waals surface area (Å²) in [6.07, 6.45) is -1.40. The Morgan fingerprint density at radius 1 is 1.03 bits per heavy atom. The summed E-state index contributed by atoms with van der Waals surface area (Å²) >= 11 is 0. The summed E-state index contributed by atoms with van der Waals surface area (Å²) in [6.45, 7) is 11.2. The van der Waals surface area contributed by atoms with Crippen LogP contribution in [0, 0.1) is 20.8 Å². The minimum Gasteiger partial charge on any atom is -0.444 e. The van der Waals surface area contributed by atoms with Crippen molar-refractivity contribution in [2.75, 3.05) is 13.6 Å². The van der Waals surface area contributed by atoms with Crippen molar-refractivity contribution in [3.05, 3.63) is 64.2 Å². The van der Waals surface area contributed by atoms with Gasteiger partial charge in [-0.25, -0.2) is 9.59 Å². The molecule has 1 atom stereocenters. The minimum absolute atomic E-state index is 0.0792. The minimum atomic E-state index is -0.895. The van der Waals surface area contributed by atoms with Crippen molar-refractivity contribution >= 4 is 12.1 Å². The van der Waals surface area contributed by atoms with Crippen molar-refractivity contribution in [2.24, 2.45) is 0 Å². The van der Waals surface area contributed by atoms with Gasteiger partial charge in [0, 0.05) is 7.05 Å². The van der Waals surface area contributed by atoms with Gasteiger partial charge in [-0.1, -0.05) is 29.8 Å². The predicted octanol–water partition coefficient (Wildman–Crippen LogP) is 4.73. The fourth-order valence-electron chi connectivity index (χ4n) is 3.20. The molecule has 0 saturated carbocycles. The average molecular weight is 414 g/mol. The molecular weight excluding hydrogens is 382 g/mol. The molecule has 0 radical (unpaired) electrons. The molecule has 0 bridgehead atoms. The van der Waals surface area contributed by atoms with Gasteiger partial charge in [0.1, 0.15) is 11.4 Å². The Bertz CT molecular complexity index is 889. The normalized spacial score (nSPS) is 12.3. The lowest BCUT2D eigenvalue weighted by atomic mass is 10.00. The molecule has 0 aliphatic carbocycles. The number of aryl methyl sites for hydroxylation is 3. The van der Waals surface area contributed by atoms with Crippen LogP contribution in [-0.2, 0) is 4.74 Å². The molecule has 2 aromatic carbocycles. The van der Waals surface area contributed by atoms with E-state index in [1.807, 2.05) is 32.9 Å². The largest absolute Gasteiger partial charge is 0.444 e. The summed E-state index contributed by atoms with van der Waals surface area (Å²) in [5.41, 5.74) is 3.40. The summed E-state index contributed by atoms with van der Waals surface area (Å²) < 4.78 is 10.8. The number of amides is 1. The first-order chi connectivity index (χ1) is 13.9. The van der Waals surface area contributed by atoms with Crippen LogP contribution in [0.1, 0.15) is 59.5 Å². The molecule has 2 rings (SSSR count). The zero-order valence-electron chi connectivity index (χ0n) is 18.8. The third-order valence-corrected chi connectivity index (χ3v) is 4.51. The molecule has 0 aliphatic rings. The van der Waals surface area contributed by atoms with Gasteiger partial charge < -0.3 is 19.5 Å². The number of hydrogen-bond donors (Lipinski definition) is 1. The first kappa shape index (κ1) is 23.4. The average Bonchev–Trinajstić information content (AvgIpc) is 2.59. The molecule has 1 amide bonds. The van der Waals surface area contributed by atoms with E-state index in [2.05, 4.69) is 0 Å². The lowest BCUT2D eigenvalue weighted by Crippen LogP contribution is -2.36. The van der Waals surface area contributed by atoms with Gasteiger partial charge in [0.15, 0.2) is 0 Å². The smallest absolute Gasteiger partial charge is 0.410 e. The SMILES string of the molecule is Cc1cc(C)c(C(=O)Oc2ccc(C(O)CN(C)C(=O)OC(C)(C)C)cc2)c(C)c1. The monoisotopic (exact) mass is 413 g/mol. The van der Waals surface area contributed by atoms with Crippen LogP contribution >= 0.6 is 0 Å². The third kappa shape index (κ3) is 6.32. The predicted molar refractivity (Wildman–Crippen MR) is 116 cm³/mol. The second-order valence-corrected chi connectivity index (χ2v) is 8.61. The molecule has 0 aromatic heterocycles. The Morgan fingerprint density at radius 3 is 2.07 bits per heavy atom. The van der Waals surface area contributed by atoms with E-state index >= 15 is 0 Å². The summed E-state index contributed by atoms with van der Waals surface area (Å²) in [4.78, 5) is 26.0. The fraction of sp³-hybridized carbons (Fsp3) is 0.417. The molecule has 6 heteroatoms. The van der Waals surface area contributed by atoms with Crippen LogP contribution < -0.4 is 4.74 Å². The van der Waals surface area contributed by atoms with Gasteiger partial charge >= 0.3 is 12.1 Å². The van der Waals surface area contributed by atoms with Gasteiger partial charge in [-0.3, -0.25) is 0 Å². The number of aliphatic hydroxyl groups is 1. The van der Waals surface area contributed by atoms with Crippen molar-refractivity contribution in [1.82, 2.24) is 4.90 Å². The first-order valence-electron chi connectivity index (χ1n) is 9.89. The van der Waals surface area contributed by atoms with E-state index in [4.69, 9.17) is 9.47 Å². The molecule has 2 aromatic rings. The van der Waals surface area contributed by atoms with E-state index in [-0.39, 0.29) is 6.54 Å². The zero-order valence-corrected chi connectivity index (χ0v) is 18.8. The van der Waals surface area contributed by atoms with Crippen LogP contribution in [0.25, 0.3) is 0 Å². The van der Waals surface area contributed by atoms with Crippen LogP contribution in [-0.4, -0.2) is 41.3 Å². The van der Waals surface area contributed by atoms with Crippen LogP contribution in [0.15, 0.2) is 36.4 Å². The van der Waals surface area contributed by atoms with Crippen LogP contribution in [0.5, 0.6) is 5.75 Å². The molecule has 0 heterocycles. The number of aliphatic hydroxyl groups excluding tert-OH is 1. The Hall–Kier alpha value is -2.86. The first-order valence-corrected chi connectivity index (χ1v) is 9.89. The summed E-state index contributed by atoms with van der Waals surface area (Å²) in [5, 5.41) is 10.4. The van der Waals surface area contributed by atoms with E-state index in [0.29, 0.717) is 16.9 Å². The maximum absolute atomic E-state index is 12.6. The molecule has 0 fully saturated rings. The number of carbonyl (C=O) groups excluding carboxylic acids is 2. The molecule has 30 heavy (non-hydrogen) atoms. The number of ether oxygens (including phenoxy) is 2. The molecule has 0 aliphatic heterocycles. The molecule has 1 N–H and O–H groups in total. The number of nitrogens with zero attached hydrogens (tertiary/aromatic N) is 1. The van der Waals surface area contributed by atoms with Crippen LogP contribution in [0.4, 0.5) is 4.79 Å². The maximum Gasteiger partial charge on any atom is 0.410 e. The third-order valence-electron chi connectivity index (χ3n) is 4.51. The Morgan fingerprint density at radius 2 is 1.57 bits per heavy atom. The molecule has 1 unspecified atom stereocenters. The standard InChI is InChI=1S/C24H31NO5/c1-15-12-16(2)21(17(3)13-15)22(27)29-19-10-8-18(9-11-19)20(26)14-25(7)23(28)30-24(4,5)6/h8-13,20,26H,14H2,1-7H3. The molecule has 0 saturated heterocycles. The van der Waals surface area contributed by atoms with E-state index < -0.39 is 23.8 Å². The Kier molecular flexibility index (Phi) is 7.26. The highest BCUT2D eigenvalue weighted by Gasteiger charge is 2.22. The topological polar surface area (TPSA) is 76.1 Å². The Labute approximate surface area is 178 Å².